The fourth-order valence-electron chi connectivity index (χ4n) is 1.92. The summed E-state index contributed by atoms with van der Waals surface area (Å²) in [6.07, 6.45) is 5.88. The summed E-state index contributed by atoms with van der Waals surface area (Å²) >= 11 is 1.77. The number of aromatic nitrogens is 2. The Balaban J connectivity index is 1.84. The molecule has 0 atom stereocenters. The van der Waals surface area contributed by atoms with Gasteiger partial charge in [-0.05, 0) is 24.3 Å². The summed E-state index contributed by atoms with van der Waals surface area (Å²) in [5.74, 6) is 6.87. The van der Waals surface area contributed by atoms with E-state index in [-0.39, 0.29) is 0 Å². The van der Waals surface area contributed by atoms with Gasteiger partial charge < -0.3 is 10.3 Å². The van der Waals surface area contributed by atoms with Gasteiger partial charge in [0.25, 0.3) is 0 Å². The topological polar surface area (TPSA) is 67.1 Å². The fraction of sp³-hybridized carbons (Fsp3) is 0.333. The van der Waals surface area contributed by atoms with Gasteiger partial charge in [0.15, 0.2) is 5.82 Å². The van der Waals surface area contributed by atoms with E-state index >= 15 is 0 Å². The second-order valence-electron chi connectivity index (χ2n) is 4.35. The highest BCUT2D eigenvalue weighted by Crippen LogP contribution is 2.32. The van der Waals surface area contributed by atoms with Crippen LogP contribution in [-0.2, 0) is 6.54 Å². The first kappa shape index (κ1) is 11.4. The van der Waals surface area contributed by atoms with Crippen molar-refractivity contribution in [2.75, 3.05) is 10.3 Å². The lowest BCUT2D eigenvalue weighted by Gasteiger charge is -2.22. The van der Waals surface area contributed by atoms with E-state index in [4.69, 9.17) is 5.84 Å². The summed E-state index contributed by atoms with van der Waals surface area (Å²) in [5, 5.41) is 2.10. The number of hydrazine groups is 1. The first-order valence-electron chi connectivity index (χ1n) is 5.94. The summed E-state index contributed by atoms with van der Waals surface area (Å²) in [6.45, 7) is 0.894. The molecule has 0 spiro atoms. The van der Waals surface area contributed by atoms with Crippen LogP contribution in [0.15, 0.2) is 29.9 Å². The third-order valence-corrected chi connectivity index (χ3v) is 3.82. The normalized spacial score (nSPS) is 14.5. The highest BCUT2D eigenvalue weighted by molar-refractivity contribution is 7.09. The predicted octanol–water partition coefficient (Wildman–Crippen LogP) is 1.99. The van der Waals surface area contributed by atoms with Crippen LogP contribution >= 0.6 is 11.3 Å². The van der Waals surface area contributed by atoms with Gasteiger partial charge in [-0.25, -0.2) is 10.8 Å². The molecule has 2 heterocycles. The molecule has 1 saturated carbocycles. The average Bonchev–Trinajstić information content (AvgIpc) is 3.13. The SMILES string of the molecule is NNc1cncc(N(Cc2cccs2)C2CC2)n1. The highest BCUT2D eigenvalue weighted by atomic mass is 32.1. The molecule has 0 bridgehead atoms. The van der Waals surface area contributed by atoms with Gasteiger partial charge in [-0.2, -0.15) is 0 Å². The molecule has 0 aliphatic heterocycles. The van der Waals surface area contributed by atoms with Crippen molar-refractivity contribution in [1.82, 2.24) is 9.97 Å². The predicted molar refractivity (Wildman–Crippen MR) is 73.4 cm³/mol. The Hall–Kier alpha value is -1.66. The van der Waals surface area contributed by atoms with Crippen molar-refractivity contribution >= 4 is 23.0 Å². The molecule has 1 aliphatic carbocycles. The Labute approximate surface area is 110 Å². The summed E-state index contributed by atoms with van der Waals surface area (Å²) < 4.78 is 0. The second-order valence-corrected chi connectivity index (χ2v) is 5.38. The van der Waals surface area contributed by atoms with E-state index in [0.29, 0.717) is 11.9 Å². The van der Waals surface area contributed by atoms with Crippen molar-refractivity contribution in [2.45, 2.75) is 25.4 Å². The zero-order chi connectivity index (χ0) is 12.4. The van der Waals surface area contributed by atoms with Gasteiger partial charge in [0.05, 0.1) is 18.9 Å². The number of nitrogens with one attached hydrogen (secondary N) is 1. The van der Waals surface area contributed by atoms with E-state index in [0.717, 1.165) is 12.4 Å². The average molecular weight is 261 g/mol. The fourth-order valence-corrected chi connectivity index (χ4v) is 2.62. The van der Waals surface area contributed by atoms with Crippen LogP contribution in [0.2, 0.25) is 0 Å². The molecule has 1 fully saturated rings. The minimum absolute atomic E-state index is 0.592. The molecule has 0 aromatic carbocycles. The third kappa shape index (κ3) is 2.44. The molecule has 2 aromatic heterocycles. The van der Waals surface area contributed by atoms with Gasteiger partial charge in [0.1, 0.15) is 5.82 Å². The molecule has 0 saturated heterocycles. The molecule has 6 heteroatoms. The van der Waals surface area contributed by atoms with Gasteiger partial charge in [0.2, 0.25) is 0 Å². The number of nitrogens with two attached hydrogens (primary N) is 1. The van der Waals surface area contributed by atoms with E-state index in [1.54, 1.807) is 23.7 Å². The van der Waals surface area contributed by atoms with Gasteiger partial charge in [-0.15, -0.1) is 11.3 Å². The summed E-state index contributed by atoms with van der Waals surface area (Å²) in [7, 11) is 0. The van der Waals surface area contributed by atoms with Crippen LogP contribution in [-0.4, -0.2) is 16.0 Å². The number of hydrogen-bond acceptors (Lipinski definition) is 6. The van der Waals surface area contributed by atoms with Crippen LogP contribution in [0.4, 0.5) is 11.6 Å². The summed E-state index contributed by atoms with van der Waals surface area (Å²) in [5.41, 5.74) is 2.54. The lowest BCUT2D eigenvalue weighted by atomic mass is 10.4. The Bertz CT molecular complexity index is 509. The number of nitrogens with zero attached hydrogens (tertiary/aromatic N) is 3. The minimum atomic E-state index is 0.592. The first-order valence-corrected chi connectivity index (χ1v) is 6.82. The van der Waals surface area contributed by atoms with Crippen molar-refractivity contribution in [1.29, 1.82) is 0 Å². The number of rotatable bonds is 5. The zero-order valence-corrected chi connectivity index (χ0v) is 10.7. The summed E-state index contributed by atoms with van der Waals surface area (Å²) in [6, 6.07) is 4.82. The van der Waals surface area contributed by atoms with Gasteiger partial charge in [-0.1, -0.05) is 6.07 Å². The largest absolute Gasteiger partial charge is 0.347 e. The Morgan fingerprint density at radius 1 is 1.44 bits per heavy atom. The van der Waals surface area contributed by atoms with Crippen LogP contribution in [0.1, 0.15) is 17.7 Å². The number of nitrogen functional groups attached to an aromatic ring is 1. The first-order chi connectivity index (χ1) is 8.86. The molecule has 0 amide bonds. The minimum Gasteiger partial charge on any atom is -0.347 e. The summed E-state index contributed by atoms with van der Waals surface area (Å²) in [4.78, 5) is 12.3. The molecule has 2 aromatic rings. The van der Waals surface area contributed by atoms with E-state index in [1.165, 1.54) is 17.7 Å². The molecular formula is C12H15N5S. The van der Waals surface area contributed by atoms with Crippen molar-refractivity contribution < 1.29 is 0 Å². The van der Waals surface area contributed by atoms with Crippen molar-refractivity contribution in [3.8, 4) is 0 Å². The monoisotopic (exact) mass is 261 g/mol. The van der Waals surface area contributed by atoms with Crippen LogP contribution in [0.5, 0.6) is 0 Å². The molecule has 18 heavy (non-hydrogen) atoms. The van der Waals surface area contributed by atoms with E-state index in [2.05, 4.69) is 37.8 Å². The number of hydrogen-bond donors (Lipinski definition) is 2. The smallest absolute Gasteiger partial charge is 0.160 e. The molecule has 0 radical (unpaired) electrons. The van der Waals surface area contributed by atoms with Crippen molar-refractivity contribution in [3.05, 3.63) is 34.8 Å². The molecule has 1 aliphatic rings. The standard InChI is InChI=1S/C12H15N5S/c13-16-11-6-14-7-12(15-11)17(9-3-4-9)8-10-2-1-5-18-10/h1-2,5-7,9H,3-4,8,13H2,(H,15,16). The molecular weight excluding hydrogens is 246 g/mol. The highest BCUT2D eigenvalue weighted by Gasteiger charge is 2.30. The maximum Gasteiger partial charge on any atom is 0.160 e. The van der Waals surface area contributed by atoms with E-state index in [9.17, 15) is 0 Å². The molecule has 0 unspecified atom stereocenters. The molecule has 3 N–H and O–H groups in total. The lowest BCUT2D eigenvalue weighted by molar-refractivity contribution is 0.783. The Kier molecular flexibility index (Phi) is 3.12. The number of anilines is 2. The third-order valence-electron chi connectivity index (χ3n) is 2.96. The van der Waals surface area contributed by atoms with Crippen LogP contribution in [0, 0.1) is 0 Å². The second kappa shape index (κ2) is 4.91. The van der Waals surface area contributed by atoms with E-state index in [1.807, 2.05) is 0 Å². The van der Waals surface area contributed by atoms with Crippen molar-refractivity contribution in [2.24, 2.45) is 5.84 Å². The lowest BCUT2D eigenvalue weighted by Crippen LogP contribution is -2.26. The maximum absolute atomic E-state index is 5.38. The maximum atomic E-state index is 5.38. The number of thiophene rings is 1. The van der Waals surface area contributed by atoms with Gasteiger partial charge in [0, 0.05) is 10.9 Å². The van der Waals surface area contributed by atoms with Crippen LogP contribution in [0.25, 0.3) is 0 Å². The molecule has 5 nitrogen and oxygen atoms in total. The van der Waals surface area contributed by atoms with Gasteiger partial charge >= 0.3 is 0 Å². The molecule has 3 rings (SSSR count). The van der Waals surface area contributed by atoms with E-state index < -0.39 is 0 Å². The molecule has 94 valence electrons. The Morgan fingerprint density at radius 2 is 2.33 bits per heavy atom. The van der Waals surface area contributed by atoms with Crippen molar-refractivity contribution in [3.63, 3.8) is 0 Å². The quantitative estimate of drug-likeness (QED) is 0.636. The zero-order valence-electron chi connectivity index (χ0n) is 9.91. The van der Waals surface area contributed by atoms with Crippen LogP contribution < -0.4 is 16.2 Å². The van der Waals surface area contributed by atoms with Crippen LogP contribution in [0.3, 0.4) is 0 Å². The van der Waals surface area contributed by atoms with Gasteiger partial charge in [-0.3, -0.25) is 4.98 Å². The Morgan fingerprint density at radius 3 is 3.00 bits per heavy atom.